The molecule has 0 bridgehead atoms. The Kier molecular flexibility index (Phi) is 64.0. The molecule has 0 aliphatic carbocycles. The van der Waals surface area contributed by atoms with Gasteiger partial charge in [0.25, 0.3) is 0 Å². The number of rotatable bonds is 57. The molecule has 0 saturated carbocycles. The van der Waals surface area contributed by atoms with Gasteiger partial charge in [0.15, 0.2) is 6.10 Å². The molecule has 1 atom stereocenters. The van der Waals surface area contributed by atoms with Gasteiger partial charge in [-0.25, -0.2) is 0 Å². The third-order valence-corrected chi connectivity index (χ3v) is 13.2. The van der Waals surface area contributed by atoms with Gasteiger partial charge in [0.05, 0.1) is 6.61 Å². The van der Waals surface area contributed by atoms with E-state index in [1.165, 1.54) is 96.3 Å². The highest BCUT2D eigenvalue weighted by molar-refractivity contribution is 5.70. The van der Waals surface area contributed by atoms with E-state index in [4.69, 9.17) is 9.47 Å². The fourth-order valence-electron chi connectivity index (χ4n) is 8.43. The number of aliphatic hydroxyl groups is 1. The Morgan fingerprint density at radius 3 is 0.775 bits per heavy atom. The molecular formula is C75H118O5. The van der Waals surface area contributed by atoms with Crippen molar-refractivity contribution < 1.29 is 24.2 Å². The molecule has 5 heteroatoms. The molecule has 0 saturated heterocycles. The SMILES string of the molecule is CC/C=C\C/C=C\C/C=C\C/C=C\C/C=C\C/C=C\C/C=C\C/C=C\CCCCC(=O)OC(CO)COC(=O)CCCCCCCCCCCCCCCCCCC/C=C\C/C=C\C/C=C\C/C=C\C/C=C\C/C=C\C/C=C\CC. The van der Waals surface area contributed by atoms with Crippen LogP contribution in [-0.2, 0) is 19.1 Å². The third kappa shape index (κ3) is 65.5. The number of ether oxygens (including phenoxy) is 2. The van der Waals surface area contributed by atoms with Crippen LogP contribution in [0.2, 0.25) is 0 Å². The van der Waals surface area contributed by atoms with Crippen LogP contribution in [0.25, 0.3) is 0 Å². The number of hydrogen-bond donors (Lipinski definition) is 1. The quantitative estimate of drug-likeness (QED) is 0.0373. The van der Waals surface area contributed by atoms with Crippen LogP contribution in [0.15, 0.2) is 182 Å². The van der Waals surface area contributed by atoms with E-state index in [2.05, 4.69) is 196 Å². The van der Waals surface area contributed by atoms with Crippen molar-refractivity contribution >= 4 is 11.9 Å². The Hall–Kier alpha value is -5.00. The first kappa shape index (κ1) is 75.0. The Labute approximate surface area is 493 Å². The van der Waals surface area contributed by atoms with E-state index < -0.39 is 6.10 Å². The molecule has 0 spiro atoms. The summed E-state index contributed by atoms with van der Waals surface area (Å²) in [6.45, 7) is 3.87. The largest absolute Gasteiger partial charge is 0.462 e. The van der Waals surface area contributed by atoms with E-state index in [-0.39, 0.29) is 31.6 Å². The van der Waals surface area contributed by atoms with Gasteiger partial charge in [-0.15, -0.1) is 0 Å². The normalized spacial score (nSPS) is 13.5. The van der Waals surface area contributed by atoms with Gasteiger partial charge in [-0.05, 0) is 135 Å². The van der Waals surface area contributed by atoms with E-state index >= 15 is 0 Å². The summed E-state index contributed by atoms with van der Waals surface area (Å²) < 4.78 is 10.7. The Bertz CT molecular complexity index is 1820. The second kappa shape index (κ2) is 68.3. The first-order valence-corrected chi connectivity index (χ1v) is 32.3. The van der Waals surface area contributed by atoms with Gasteiger partial charge in [0, 0.05) is 12.8 Å². The van der Waals surface area contributed by atoms with Gasteiger partial charge >= 0.3 is 11.9 Å². The minimum absolute atomic E-state index is 0.0935. The minimum Gasteiger partial charge on any atom is -0.462 e. The fourth-order valence-corrected chi connectivity index (χ4v) is 8.43. The zero-order valence-electron chi connectivity index (χ0n) is 51.3. The summed E-state index contributed by atoms with van der Waals surface area (Å²) in [6.07, 6.45) is 107. The van der Waals surface area contributed by atoms with Crippen LogP contribution in [0.3, 0.4) is 0 Å². The van der Waals surface area contributed by atoms with E-state index in [1.54, 1.807) is 0 Å². The molecule has 0 rings (SSSR count). The lowest BCUT2D eigenvalue weighted by Crippen LogP contribution is -2.28. The van der Waals surface area contributed by atoms with Crippen molar-refractivity contribution in [2.24, 2.45) is 0 Å². The molecule has 448 valence electrons. The molecule has 0 aliphatic heterocycles. The maximum absolute atomic E-state index is 12.3. The van der Waals surface area contributed by atoms with Gasteiger partial charge in [0.2, 0.25) is 0 Å². The van der Waals surface area contributed by atoms with Crippen molar-refractivity contribution in [2.45, 2.75) is 264 Å². The van der Waals surface area contributed by atoms with Crippen molar-refractivity contribution in [3.63, 3.8) is 0 Å². The summed E-state index contributed by atoms with van der Waals surface area (Å²) in [6, 6.07) is 0. The average molecular weight is 1100 g/mol. The molecule has 0 aromatic rings. The van der Waals surface area contributed by atoms with Crippen molar-refractivity contribution in [1.82, 2.24) is 0 Å². The lowest BCUT2D eigenvalue weighted by molar-refractivity contribution is -0.161. The first-order valence-electron chi connectivity index (χ1n) is 32.3. The number of hydrogen-bond acceptors (Lipinski definition) is 5. The predicted octanol–water partition coefficient (Wildman–Crippen LogP) is 22.6. The fraction of sp³-hybridized carbons (Fsp3) is 0.573. The van der Waals surface area contributed by atoms with Crippen molar-refractivity contribution in [1.29, 1.82) is 0 Å². The second-order valence-electron chi connectivity index (χ2n) is 20.7. The molecule has 1 N–H and O–H groups in total. The Morgan fingerprint density at radius 2 is 0.500 bits per heavy atom. The maximum atomic E-state index is 12.3. The summed E-state index contributed by atoms with van der Waals surface area (Å²) in [5, 5.41) is 9.67. The number of allylic oxidation sites excluding steroid dienone is 30. The lowest BCUT2D eigenvalue weighted by Gasteiger charge is -2.15. The predicted molar refractivity (Wildman–Crippen MR) is 352 cm³/mol. The number of esters is 2. The van der Waals surface area contributed by atoms with E-state index in [0.29, 0.717) is 12.8 Å². The molecule has 80 heavy (non-hydrogen) atoms. The molecule has 0 aromatic heterocycles. The van der Waals surface area contributed by atoms with Gasteiger partial charge in [-0.3, -0.25) is 9.59 Å². The monoisotopic (exact) mass is 1100 g/mol. The number of aliphatic hydroxyl groups excluding tert-OH is 1. The number of carbonyl (C=O) groups is 2. The summed E-state index contributed by atoms with van der Waals surface area (Å²) in [5.74, 6) is -0.649. The third-order valence-electron chi connectivity index (χ3n) is 13.2. The minimum atomic E-state index is -0.809. The van der Waals surface area contributed by atoms with Crippen LogP contribution in [0.5, 0.6) is 0 Å². The lowest BCUT2D eigenvalue weighted by atomic mass is 10.0. The van der Waals surface area contributed by atoms with Crippen molar-refractivity contribution in [3.05, 3.63) is 182 Å². The standard InChI is InChI=1S/C75H118O5/c1-3-5-7-9-11-13-15-17-19-21-23-25-27-29-31-32-33-34-35-36-37-38-39-40-41-42-44-45-47-49-51-53-55-57-59-61-63-65-67-69-74(77)79-72-73(71-76)80-75(78)70-68-66-64-62-60-58-56-54-52-50-48-46-43-30-28-26-24-22-20-18-16-14-12-10-8-6-4-2/h5-8,11-14,17-20,23-26,29-31,33-34,36-37,43,48,50,54,56,60,62,73,76H,3-4,9-10,15-16,21-22,27-28,32,35,38-42,44-47,49,51-53,55,57-59,61,63-72H2,1-2H3/b7-5-,8-6-,13-11-,14-12-,19-17-,20-18-,25-23-,26-24-,31-29-,34-33-,37-36-,43-30-,50-48-,56-54-,62-60-. The van der Waals surface area contributed by atoms with Gasteiger partial charge in [-0.2, -0.15) is 0 Å². The Balaban J connectivity index is 3.58. The van der Waals surface area contributed by atoms with Crippen molar-refractivity contribution in [2.75, 3.05) is 13.2 Å². The van der Waals surface area contributed by atoms with Crippen molar-refractivity contribution in [3.8, 4) is 0 Å². The van der Waals surface area contributed by atoms with E-state index in [1.807, 2.05) is 0 Å². The number of unbranched alkanes of at least 4 members (excludes halogenated alkanes) is 19. The highest BCUT2D eigenvalue weighted by Gasteiger charge is 2.16. The highest BCUT2D eigenvalue weighted by Crippen LogP contribution is 2.16. The van der Waals surface area contributed by atoms with Gasteiger partial charge in [0.1, 0.15) is 6.61 Å². The van der Waals surface area contributed by atoms with E-state index in [0.717, 1.165) is 128 Å². The molecule has 0 aromatic carbocycles. The average Bonchev–Trinajstić information content (AvgIpc) is 3.46. The summed E-state index contributed by atoms with van der Waals surface area (Å²) in [5.41, 5.74) is 0. The Morgan fingerprint density at radius 1 is 0.287 bits per heavy atom. The second-order valence-corrected chi connectivity index (χ2v) is 20.7. The van der Waals surface area contributed by atoms with E-state index in [9.17, 15) is 14.7 Å². The van der Waals surface area contributed by atoms with Crippen LogP contribution in [0, 0.1) is 0 Å². The maximum Gasteiger partial charge on any atom is 0.306 e. The molecule has 1 unspecified atom stereocenters. The topological polar surface area (TPSA) is 72.8 Å². The summed E-state index contributed by atoms with van der Waals surface area (Å²) in [7, 11) is 0. The molecule has 5 nitrogen and oxygen atoms in total. The zero-order chi connectivity index (χ0) is 57.6. The van der Waals surface area contributed by atoms with Crippen LogP contribution in [0.1, 0.15) is 258 Å². The zero-order valence-corrected chi connectivity index (χ0v) is 51.3. The molecule has 0 heterocycles. The first-order chi connectivity index (χ1) is 39.6. The number of carbonyl (C=O) groups excluding carboxylic acids is 2. The van der Waals surface area contributed by atoms with Gasteiger partial charge in [-0.1, -0.05) is 292 Å². The van der Waals surface area contributed by atoms with Crippen LogP contribution < -0.4 is 0 Å². The highest BCUT2D eigenvalue weighted by atomic mass is 16.6. The van der Waals surface area contributed by atoms with Crippen LogP contribution in [-0.4, -0.2) is 36.4 Å². The van der Waals surface area contributed by atoms with Crippen LogP contribution in [0.4, 0.5) is 0 Å². The van der Waals surface area contributed by atoms with Crippen LogP contribution >= 0.6 is 0 Å². The smallest absolute Gasteiger partial charge is 0.306 e. The molecule has 0 aliphatic rings. The summed E-state index contributed by atoms with van der Waals surface area (Å²) in [4.78, 5) is 24.6. The molecule has 0 fully saturated rings. The molecule has 0 amide bonds. The summed E-state index contributed by atoms with van der Waals surface area (Å²) >= 11 is 0. The van der Waals surface area contributed by atoms with Gasteiger partial charge < -0.3 is 14.6 Å². The molecular weight excluding hydrogens is 981 g/mol. The molecule has 0 radical (unpaired) electrons.